The van der Waals surface area contributed by atoms with E-state index in [9.17, 15) is 9.59 Å². The van der Waals surface area contributed by atoms with Crippen molar-refractivity contribution >= 4 is 17.3 Å². The molecule has 0 bridgehead atoms. The van der Waals surface area contributed by atoms with Gasteiger partial charge in [0.15, 0.2) is 11.4 Å². The third-order valence-corrected chi connectivity index (χ3v) is 4.63. The summed E-state index contributed by atoms with van der Waals surface area (Å²) in [7, 11) is 0. The summed E-state index contributed by atoms with van der Waals surface area (Å²) in [6.45, 7) is 4.50. The first-order valence-corrected chi connectivity index (χ1v) is 8.50. The molecule has 0 unspecified atom stereocenters. The molecule has 1 N–H and O–H groups in total. The van der Waals surface area contributed by atoms with Gasteiger partial charge >= 0.3 is 0 Å². The van der Waals surface area contributed by atoms with Crippen molar-refractivity contribution in [2.24, 2.45) is 5.41 Å². The van der Waals surface area contributed by atoms with Gasteiger partial charge in [-0.05, 0) is 23.5 Å². The molecule has 26 heavy (non-hydrogen) atoms. The van der Waals surface area contributed by atoms with Crippen molar-refractivity contribution in [3.63, 3.8) is 0 Å². The zero-order valence-corrected chi connectivity index (χ0v) is 14.7. The average molecular weight is 349 g/mol. The summed E-state index contributed by atoms with van der Waals surface area (Å²) in [5, 5.41) is 7.20. The molecule has 3 heterocycles. The first kappa shape index (κ1) is 16.4. The lowest BCUT2D eigenvalue weighted by molar-refractivity contribution is 0.0907. The second-order valence-electron chi connectivity index (χ2n) is 7.40. The molecule has 0 atom stereocenters. The van der Waals surface area contributed by atoms with Crippen LogP contribution in [0.5, 0.6) is 0 Å². The van der Waals surface area contributed by atoms with Crippen LogP contribution in [-0.2, 0) is 13.0 Å². The standard InChI is InChI=1S/C19H19N5O2/c1-19(2)6-15-13(16(25)7-19)10-21-17-14(11-23-24(15)17)18(26)22-9-12-4-3-5-20-8-12/h3-5,8,10-11H,6-7,9H2,1-2H3,(H,22,26). The van der Waals surface area contributed by atoms with Crippen molar-refractivity contribution in [1.29, 1.82) is 0 Å². The largest absolute Gasteiger partial charge is 0.348 e. The Morgan fingerprint density at radius 3 is 2.88 bits per heavy atom. The number of nitrogens with one attached hydrogen (secondary N) is 1. The van der Waals surface area contributed by atoms with Gasteiger partial charge in [-0.15, -0.1) is 0 Å². The van der Waals surface area contributed by atoms with Gasteiger partial charge in [0.05, 0.1) is 17.5 Å². The molecule has 0 aliphatic heterocycles. The Bertz CT molecular complexity index is 1010. The molecular weight excluding hydrogens is 330 g/mol. The summed E-state index contributed by atoms with van der Waals surface area (Å²) in [6, 6.07) is 3.72. The Morgan fingerprint density at radius 2 is 2.12 bits per heavy atom. The number of carbonyl (C=O) groups excluding carboxylic acids is 2. The Balaban J connectivity index is 1.66. The first-order valence-electron chi connectivity index (χ1n) is 8.50. The van der Waals surface area contributed by atoms with Crippen LogP contribution in [0.2, 0.25) is 0 Å². The van der Waals surface area contributed by atoms with E-state index >= 15 is 0 Å². The van der Waals surface area contributed by atoms with E-state index in [1.165, 1.54) is 6.20 Å². The molecule has 7 heteroatoms. The lowest BCUT2D eigenvalue weighted by atomic mass is 9.76. The predicted molar refractivity (Wildman–Crippen MR) is 94.8 cm³/mol. The average Bonchev–Trinajstić information content (AvgIpc) is 3.04. The summed E-state index contributed by atoms with van der Waals surface area (Å²) in [5.74, 6) is -0.179. The van der Waals surface area contributed by atoms with E-state index in [1.807, 2.05) is 12.1 Å². The van der Waals surface area contributed by atoms with Crippen molar-refractivity contribution in [2.75, 3.05) is 0 Å². The zero-order valence-electron chi connectivity index (χ0n) is 14.7. The molecule has 1 amide bonds. The van der Waals surface area contributed by atoms with Gasteiger partial charge < -0.3 is 5.32 Å². The fraction of sp³-hybridized carbons (Fsp3) is 0.316. The third-order valence-electron chi connectivity index (χ3n) is 4.63. The highest BCUT2D eigenvalue weighted by Crippen LogP contribution is 2.34. The van der Waals surface area contributed by atoms with Crippen LogP contribution in [0.1, 0.15) is 52.2 Å². The number of aromatic nitrogens is 4. The molecule has 132 valence electrons. The van der Waals surface area contributed by atoms with Gasteiger partial charge in [0, 0.05) is 31.6 Å². The maximum absolute atomic E-state index is 12.6. The van der Waals surface area contributed by atoms with Gasteiger partial charge in [0.2, 0.25) is 0 Å². The molecular formula is C19H19N5O2. The van der Waals surface area contributed by atoms with Crippen LogP contribution in [0.25, 0.3) is 5.65 Å². The summed E-state index contributed by atoms with van der Waals surface area (Å²) in [4.78, 5) is 33.3. The fourth-order valence-electron chi connectivity index (χ4n) is 3.37. The second kappa shape index (κ2) is 6.01. The van der Waals surface area contributed by atoms with Crippen LogP contribution < -0.4 is 5.32 Å². The molecule has 0 radical (unpaired) electrons. The lowest BCUT2D eigenvalue weighted by Gasteiger charge is -2.29. The van der Waals surface area contributed by atoms with Gasteiger partial charge in [-0.1, -0.05) is 19.9 Å². The Hall–Kier alpha value is -3.09. The van der Waals surface area contributed by atoms with Crippen molar-refractivity contribution in [3.05, 3.63) is 59.3 Å². The molecule has 7 nitrogen and oxygen atoms in total. The van der Waals surface area contributed by atoms with Crippen LogP contribution in [0, 0.1) is 5.41 Å². The highest BCUT2D eigenvalue weighted by atomic mass is 16.1. The van der Waals surface area contributed by atoms with E-state index in [2.05, 4.69) is 34.2 Å². The summed E-state index contributed by atoms with van der Waals surface area (Å²) in [6.07, 6.45) is 7.68. The quantitative estimate of drug-likeness (QED) is 0.783. The van der Waals surface area contributed by atoms with E-state index in [0.717, 1.165) is 11.3 Å². The Kier molecular flexibility index (Phi) is 3.79. The van der Waals surface area contributed by atoms with Crippen molar-refractivity contribution in [1.82, 2.24) is 24.9 Å². The predicted octanol–water partition coefficient (Wildman–Crippen LogP) is 2.21. The minimum absolute atomic E-state index is 0.0729. The van der Waals surface area contributed by atoms with E-state index < -0.39 is 0 Å². The molecule has 0 spiro atoms. The van der Waals surface area contributed by atoms with Gasteiger partial charge in [0.1, 0.15) is 5.56 Å². The SMILES string of the molecule is CC1(C)CC(=O)c2cnc3c(C(=O)NCc4cccnc4)cnn3c2C1. The van der Waals surface area contributed by atoms with E-state index in [0.29, 0.717) is 36.2 Å². The number of carbonyl (C=O) groups is 2. The number of pyridine rings is 1. The van der Waals surface area contributed by atoms with Crippen LogP contribution in [0.3, 0.4) is 0 Å². The maximum atomic E-state index is 12.6. The molecule has 1 aliphatic rings. The van der Waals surface area contributed by atoms with Crippen molar-refractivity contribution in [3.8, 4) is 0 Å². The second-order valence-corrected chi connectivity index (χ2v) is 7.40. The third kappa shape index (κ3) is 2.85. The minimum atomic E-state index is -0.252. The Morgan fingerprint density at radius 1 is 1.27 bits per heavy atom. The molecule has 3 aromatic heterocycles. The van der Waals surface area contributed by atoms with Crippen LogP contribution in [0.15, 0.2) is 36.9 Å². The summed E-state index contributed by atoms with van der Waals surface area (Å²) >= 11 is 0. The first-order chi connectivity index (χ1) is 12.4. The smallest absolute Gasteiger partial charge is 0.257 e. The highest BCUT2D eigenvalue weighted by molar-refractivity contribution is 6.01. The monoisotopic (exact) mass is 349 g/mol. The highest BCUT2D eigenvalue weighted by Gasteiger charge is 2.33. The lowest BCUT2D eigenvalue weighted by Crippen LogP contribution is -2.29. The normalized spacial score (nSPS) is 15.7. The van der Waals surface area contributed by atoms with Gasteiger partial charge in [0.25, 0.3) is 5.91 Å². The maximum Gasteiger partial charge on any atom is 0.257 e. The number of Topliss-reactive ketones (excluding diaryl/α,β-unsaturated/α-hetero) is 1. The molecule has 3 aromatic rings. The number of hydrogen-bond acceptors (Lipinski definition) is 5. The van der Waals surface area contributed by atoms with Crippen LogP contribution in [0.4, 0.5) is 0 Å². The number of fused-ring (bicyclic) bond motifs is 3. The molecule has 0 aromatic carbocycles. The summed E-state index contributed by atoms with van der Waals surface area (Å²) in [5.41, 5.74) is 3.07. The van der Waals surface area contributed by atoms with Crippen molar-refractivity contribution in [2.45, 2.75) is 33.2 Å². The molecule has 0 fully saturated rings. The van der Waals surface area contributed by atoms with E-state index in [-0.39, 0.29) is 17.1 Å². The molecule has 0 saturated carbocycles. The minimum Gasteiger partial charge on any atom is -0.348 e. The number of ketones is 1. The van der Waals surface area contributed by atoms with Gasteiger partial charge in [-0.25, -0.2) is 9.50 Å². The van der Waals surface area contributed by atoms with Crippen molar-refractivity contribution < 1.29 is 9.59 Å². The number of rotatable bonds is 3. The number of hydrogen-bond donors (Lipinski definition) is 1. The van der Waals surface area contributed by atoms with Crippen LogP contribution >= 0.6 is 0 Å². The number of nitrogens with zero attached hydrogens (tertiary/aromatic N) is 4. The zero-order chi connectivity index (χ0) is 18.3. The van der Waals surface area contributed by atoms with Gasteiger partial charge in [-0.3, -0.25) is 14.6 Å². The molecule has 1 aliphatic carbocycles. The molecule has 4 rings (SSSR count). The molecule has 0 saturated heterocycles. The summed E-state index contributed by atoms with van der Waals surface area (Å²) < 4.78 is 1.63. The van der Waals surface area contributed by atoms with Crippen LogP contribution in [-0.4, -0.2) is 31.3 Å². The topological polar surface area (TPSA) is 89.2 Å². The number of amides is 1. The van der Waals surface area contributed by atoms with Gasteiger partial charge in [-0.2, -0.15) is 5.10 Å². The van der Waals surface area contributed by atoms with E-state index in [4.69, 9.17) is 0 Å². The Labute approximate surface area is 150 Å². The fourth-order valence-corrected chi connectivity index (χ4v) is 3.37. The van der Waals surface area contributed by atoms with E-state index in [1.54, 1.807) is 23.1 Å².